The average molecular weight is 328 g/mol. The third-order valence-corrected chi connectivity index (χ3v) is 4.18. The number of amides is 1. The average Bonchev–Trinajstić information content (AvgIpc) is 3.16. The van der Waals surface area contributed by atoms with E-state index in [-0.39, 0.29) is 5.91 Å². The minimum absolute atomic E-state index is 0.175. The maximum atomic E-state index is 12.4. The Bertz CT molecular complexity index is 821. The number of thiophene rings is 1. The molecule has 0 fully saturated rings. The van der Waals surface area contributed by atoms with E-state index in [4.69, 9.17) is 4.52 Å². The minimum atomic E-state index is -0.175. The molecule has 23 heavy (non-hydrogen) atoms. The molecule has 0 aliphatic carbocycles. The molecule has 3 aromatic rings. The quantitative estimate of drug-likeness (QED) is 0.794. The highest BCUT2D eigenvalue weighted by molar-refractivity contribution is 7.14. The maximum absolute atomic E-state index is 12.4. The van der Waals surface area contributed by atoms with Gasteiger partial charge in [0, 0.05) is 25.3 Å². The Labute approximate surface area is 137 Å². The highest BCUT2D eigenvalue weighted by atomic mass is 32.1. The predicted octanol–water partition coefficient (Wildman–Crippen LogP) is 3.42. The molecule has 118 valence electrons. The second-order valence-electron chi connectivity index (χ2n) is 5.21. The Hall–Kier alpha value is -2.67. The summed E-state index contributed by atoms with van der Waals surface area (Å²) in [5, 5.41) is 8.55. The fourth-order valence-corrected chi connectivity index (χ4v) is 2.84. The van der Waals surface area contributed by atoms with Crippen LogP contribution in [0.25, 0.3) is 10.8 Å². The van der Waals surface area contributed by atoms with E-state index in [0.717, 1.165) is 10.6 Å². The van der Waals surface area contributed by atoms with Gasteiger partial charge in [0.1, 0.15) is 4.88 Å². The summed E-state index contributed by atoms with van der Waals surface area (Å²) in [7, 11) is 3.91. The molecule has 0 radical (unpaired) electrons. The van der Waals surface area contributed by atoms with Crippen molar-refractivity contribution >= 4 is 28.6 Å². The van der Waals surface area contributed by atoms with Crippen molar-refractivity contribution in [3.8, 4) is 10.8 Å². The lowest BCUT2D eigenvalue weighted by molar-refractivity contribution is 0.102. The van der Waals surface area contributed by atoms with Crippen molar-refractivity contribution in [3.05, 3.63) is 47.1 Å². The normalized spacial score (nSPS) is 10.6. The van der Waals surface area contributed by atoms with Gasteiger partial charge in [0.2, 0.25) is 0 Å². The number of hydrogen-bond donors (Lipinski definition) is 1. The van der Waals surface area contributed by atoms with Gasteiger partial charge in [0.05, 0.1) is 5.69 Å². The largest absolute Gasteiger partial charge is 0.378 e. The predicted molar refractivity (Wildman–Crippen MR) is 91.1 cm³/mol. The lowest BCUT2D eigenvalue weighted by Crippen LogP contribution is -2.13. The molecule has 0 atom stereocenters. The lowest BCUT2D eigenvalue weighted by Gasteiger charge is -2.12. The zero-order valence-corrected chi connectivity index (χ0v) is 13.8. The van der Waals surface area contributed by atoms with Crippen molar-refractivity contribution < 1.29 is 9.32 Å². The molecule has 7 heteroatoms. The highest BCUT2D eigenvalue weighted by Crippen LogP contribution is 2.32. The van der Waals surface area contributed by atoms with E-state index < -0.39 is 0 Å². The number of aryl methyl sites for hydroxylation is 1. The van der Waals surface area contributed by atoms with Crippen LogP contribution in [0.2, 0.25) is 0 Å². The van der Waals surface area contributed by atoms with E-state index in [1.54, 1.807) is 19.1 Å². The molecule has 1 N–H and O–H groups in total. The maximum Gasteiger partial charge on any atom is 0.270 e. The summed E-state index contributed by atoms with van der Waals surface area (Å²) in [5.41, 5.74) is 2.30. The van der Waals surface area contributed by atoms with Gasteiger partial charge in [-0.05, 0) is 42.6 Å². The third-order valence-electron chi connectivity index (χ3n) is 3.28. The van der Waals surface area contributed by atoms with Gasteiger partial charge in [-0.2, -0.15) is 4.98 Å². The first-order valence-electron chi connectivity index (χ1n) is 7.01. The Morgan fingerprint density at radius 3 is 2.57 bits per heavy atom. The smallest absolute Gasteiger partial charge is 0.270 e. The van der Waals surface area contributed by atoms with Crippen LogP contribution in [0.1, 0.15) is 16.2 Å². The van der Waals surface area contributed by atoms with Crippen molar-refractivity contribution in [2.24, 2.45) is 0 Å². The van der Waals surface area contributed by atoms with Gasteiger partial charge < -0.3 is 14.7 Å². The van der Waals surface area contributed by atoms with Crippen LogP contribution in [0.5, 0.6) is 0 Å². The number of benzene rings is 1. The number of nitrogens with zero attached hydrogens (tertiary/aromatic N) is 3. The van der Waals surface area contributed by atoms with Crippen LogP contribution in [-0.2, 0) is 0 Å². The summed E-state index contributed by atoms with van der Waals surface area (Å²) in [5.74, 6) is 0.798. The molecule has 2 heterocycles. The molecule has 3 rings (SSSR count). The van der Waals surface area contributed by atoms with E-state index in [1.807, 2.05) is 42.6 Å². The Kier molecular flexibility index (Phi) is 4.12. The number of aromatic nitrogens is 2. The van der Waals surface area contributed by atoms with Gasteiger partial charge in [-0.25, -0.2) is 0 Å². The van der Waals surface area contributed by atoms with Crippen molar-refractivity contribution in [1.82, 2.24) is 10.1 Å². The van der Waals surface area contributed by atoms with Gasteiger partial charge in [0.25, 0.3) is 11.8 Å². The molecular formula is C16H16N4O2S. The summed E-state index contributed by atoms with van der Waals surface area (Å²) >= 11 is 1.44. The van der Waals surface area contributed by atoms with Crippen LogP contribution >= 0.6 is 11.3 Å². The van der Waals surface area contributed by atoms with Crippen molar-refractivity contribution in [1.29, 1.82) is 0 Å². The Morgan fingerprint density at radius 2 is 1.96 bits per heavy atom. The Balaban J connectivity index is 1.80. The second kappa shape index (κ2) is 6.21. The van der Waals surface area contributed by atoms with Crippen LogP contribution in [0.15, 0.2) is 40.2 Å². The number of carbonyl (C=O) groups excluding carboxylic acids is 1. The zero-order valence-electron chi connectivity index (χ0n) is 13.0. The fraction of sp³-hybridized carbons (Fsp3) is 0.188. The molecule has 0 aliphatic heterocycles. The van der Waals surface area contributed by atoms with E-state index in [1.165, 1.54) is 11.3 Å². The lowest BCUT2D eigenvalue weighted by atomic mass is 10.2. The van der Waals surface area contributed by atoms with Gasteiger partial charge in [0.15, 0.2) is 5.82 Å². The molecule has 0 spiro atoms. The van der Waals surface area contributed by atoms with Gasteiger partial charge in [-0.1, -0.05) is 5.16 Å². The van der Waals surface area contributed by atoms with Crippen LogP contribution < -0.4 is 10.2 Å². The van der Waals surface area contributed by atoms with Crippen molar-refractivity contribution in [2.45, 2.75) is 6.92 Å². The second-order valence-corrected chi connectivity index (χ2v) is 6.12. The zero-order chi connectivity index (χ0) is 16.4. The Morgan fingerprint density at radius 1 is 1.22 bits per heavy atom. The molecule has 1 amide bonds. The first-order valence-corrected chi connectivity index (χ1v) is 7.89. The topological polar surface area (TPSA) is 71.3 Å². The summed E-state index contributed by atoms with van der Waals surface area (Å²) in [6.45, 7) is 1.76. The van der Waals surface area contributed by atoms with E-state index in [2.05, 4.69) is 15.5 Å². The molecule has 0 bridgehead atoms. The van der Waals surface area contributed by atoms with Crippen LogP contribution in [-0.4, -0.2) is 30.1 Å². The SMILES string of the molecule is Cc1noc(-c2sccc2NC(=O)c2ccc(N(C)C)cc2)n1. The molecule has 0 unspecified atom stereocenters. The molecule has 0 saturated carbocycles. The summed E-state index contributed by atoms with van der Waals surface area (Å²) in [4.78, 5) is 19.3. The first-order chi connectivity index (χ1) is 11.0. The van der Waals surface area contributed by atoms with E-state index in [9.17, 15) is 4.79 Å². The molecule has 1 aromatic carbocycles. The number of anilines is 2. The summed E-state index contributed by atoms with van der Waals surface area (Å²) < 4.78 is 5.17. The number of carbonyl (C=O) groups is 1. The number of rotatable bonds is 4. The van der Waals surface area contributed by atoms with Crippen molar-refractivity contribution in [2.75, 3.05) is 24.3 Å². The van der Waals surface area contributed by atoms with Gasteiger partial charge in [-0.15, -0.1) is 11.3 Å². The number of hydrogen-bond acceptors (Lipinski definition) is 6. The van der Waals surface area contributed by atoms with Crippen LogP contribution in [0, 0.1) is 6.92 Å². The van der Waals surface area contributed by atoms with Gasteiger partial charge >= 0.3 is 0 Å². The highest BCUT2D eigenvalue weighted by Gasteiger charge is 2.16. The summed E-state index contributed by atoms with van der Waals surface area (Å²) in [6, 6.07) is 9.24. The van der Waals surface area contributed by atoms with E-state index in [0.29, 0.717) is 23.0 Å². The minimum Gasteiger partial charge on any atom is -0.378 e. The van der Waals surface area contributed by atoms with Crippen molar-refractivity contribution in [3.63, 3.8) is 0 Å². The molecule has 0 saturated heterocycles. The molecule has 6 nitrogen and oxygen atoms in total. The summed E-state index contributed by atoms with van der Waals surface area (Å²) in [6.07, 6.45) is 0. The molecule has 2 aromatic heterocycles. The van der Waals surface area contributed by atoms with Gasteiger partial charge in [-0.3, -0.25) is 4.79 Å². The van der Waals surface area contributed by atoms with E-state index >= 15 is 0 Å². The standard InChI is InChI=1S/C16H16N4O2S/c1-10-17-16(22-19-10)14-13(8-9-23-14)18-15(21)11-4-6-12(7-5-11)20(2)3/h4-9H,1-3H3,(H,18,21). The van der Waals surface area contributed by atoms with Crippen LogP contribution in [0.4, 0.5) is 11.4 Å². The third kappa shape index (κ3) is 3.24. The first kappa shape index (κ1) is 15.2. The monoisotopic (exact) mass is 328 g/mol. The fourth-order valence-electron chi connectivity index (χ4n) is 2.07. The number of nitrogens with one attached hydrogen (secondary N) is 1. The molecule has 0 aliphatic rings. The molecular weight excluding hydrogens is 312 g/mol. The van der Waals surface area contributed by atoms with Crippen LogP contribution in [0.3, 0.4) is 0 Å².